The Labute approximate surface area is 165 Å². The number of ether oxygens (including phenoxy) is 1. The van der Waals surface area contributed by atoms with E-state index in [1.54, 1.807) is 6.07 Å². The molecule has 0 saturated heterocycles. The minimum Gasteiger partial charge on any atom is -0.494 e. The van der Waals surface area contributed by atoms with E-state index in [9.17, 15) is 4.79 Å². The summed E-state index contributed by atoms with van der Waals surface area (Å²) in [6, 6.07) is 18.9. The highest BCUT2D eigenvalue weighted by atomic mass is 16.5. The highest BCUT2D eigenvalue weighted by Gasteiger charge is 2.13. The van der Waals surface area contributed by atoms with Crippen LogP contribution in [0.15, 0.2) is 60.7 Å². The van der Waals surface area contributed by atoms with Gasteiger partial charge in [0.05, 0.1) is 6.61 Å². The predicted molar refractivity (Wildman–Crippen MR) is 111 cm³/mol. The monoisotopic (exact) mass is 376 g/mol. The summed E-state index contributed by atoms with van der Waals surface area (Å²) < 4.78 is 5.47. The summed E-state index contributed by atoms with van der Waals surface area (Å²) in [4.78, 5) is 21.5. The fraction of sp³-hybridized carbons (Fsp3) is 0.227. The zero-order valence-electron chi connectivity index (χ0n) is 16.1. The fourth-order valence-electron chi connectivity index (χ4n) is 2.62. The van der Waals surface area contributed by atoms with Crippen LogP contribution in [0, 0.1) is 0 Å². The molecule has 0 radical (unpaired) electrons. The standard InChI is InChI=1S/C22H24N4O2/c1-3-14-23-22(27)19-15-20(24-17-10-12-18(13-11-17)28-4-2)26-21(25-19)16-8-6-5-7-9-16/h5-13,15H,3-4,14H2,1-2H3,(H,23,27)(H,24,25,26). The molecular weight excluding hydrogens is 352 g/mol. The number of amides is 1. The number of hydrogen-bond acceptors (Lipinski definition) is 5. The first kappa shape index (κ1) is 19.4. The number of benzene rings is 2. The molecule has 0 aliphatic heterocycles. The number of nitrogens with zero attached hydrogens (tertiary/aromatic N) is 2. The average Bonchev–Trinajstić information content (AvgIpc) is 2.74. The van der Waals surface area contributed by atoms with Crippen LogP contribution in [-0.4, -0.2) is 29.0 Å². The van der Waals surface area contributed by atoms with Gasteiger partial charge in [0.25, 0.3) is 5.91 Å². The van der Waals surface area contributed by atoms with Gasteiger partial charge in [-0.25, -0.2) is 9.97 Å². The van der Waals surface area contributed by atoms with Crippen LogP contribution in [0.5, 0.6) is 5.75 Å². The van der Waals surface area contributed by atoms with Crippen molar-refractivity contribution in [2.24, 2.45) is 0 Å². The van der Waals surface area contributed by atoms with E-state index in [4.69, 9.17) is 4.74 Å². The smallest absolute Gasteiger partial charge is 0.270 e. The third-order valence-corrected chi connectivity index (χ3v) is 3.96. The molecule has 3 aromatic rings. The highest BCUT2D eigenvalue weighted by Crippen LogP contribution is 2.22. The summed E-state index contributed by atoms with van der Waals surface area (Å²) in [5.41, 5.74) is 2.03. The maximum Gasteiger partial charge on any atom is 0.270 e. The van der Waals surface area contributed by atoms with E-state index in [0.29, 0.717) is 30.5 Å². The molecule has 0 spiro atoms. The molecule has 3 rings (SSSR count). The van der Waals surface area contributed by atoms with Crippen molar-refractivity contribution in [2.75, 3.05) is 18.5 Å². The summed E-state index contributed by atoms with van der Waals surface area (Å²) in [5.74, 6) is 1.65. The van der Waals surface area contributed by atoms with Gasteiger partial charge in [0.15, 0.2) is 5.82 Å². The SMILES string of the molecule is CCCNC(=O)c1cc(Nc2ccc(OCC)cc2)nc(-c2ccccc2)n1. The van der Waals surface area contributed by atoms with Crippen molar-refractivity contribution in [1.29, 1.82) is 0 Å². The molecule has 2 N–H and O–H groups in total. The van der Waals surface area contributed by atoms with Gasteiger partial charge in [0.1, 0.15) is 17.3 Å². The second-order valence-corrected chi connectivity index (χ2v) is 6.17. The van der Waals surface area contributed by atoms with Crippen LogP contribution in [0.4, 0.5) is 11.5 Å². The molecular formula is C22H24N4O2. The van der Waals surface area contributed by atoms with E-state index in [1.165, 1.54) is 0 Å². The average molecular weight is 376 g/mol. The first-order valence-electron chi connectivity index (χ1n) is 9.42. The lowest BCUT2D eigenvalue weighted by Crippen LogP contribution is -2.25. The van der Waals surface area contributed by atoms with Gasteiger partial charge in [-0.3, -0.25) is 4.79 Å². The maximum atomic E-state index is 12.5. The lowest BCUT2D eigenvalue weighted by atomic mass is 10.2. The van der Waals surface area contributed by atoms with Gasteiger partial charge in [0, 0.05) is 23.9 Å². The second kappa shape index (κ2) is 9.50. The van der Waals surface area contributed by atoms with Gasteiger partial charge in [-0.2, -0.15) is 0 Å². The molecule has 28 heavy (non-hydrogen) atoms. The van der Waals surface area contributed by atoms with Crippen LogP contribution in [0.3, 0.4) is 0 Å². The quantitative estimate of drug-likeness (QED) is 0.608. The molecule has 0 saturated carbocycles. The van der Waals surface area contributed by atoms with Crippen molar-refractivity contribution < 1.29 is 9.53 Å². The zero-order chi connectivity index (χ0) is 19.8. The third kappa shape index (κ3) is 5.07. The van der Waals surface area contributed by atoms with Gasteiger partial charge in [0.2, 0.25) is 0 Å². The molecule has 0 aliphatic rings. The van der Waals surface area contributed by atoms with Crippen molar-refractivity contribution in [3.63, 3.8) is 0 Å². The van der Waals surface area contributed by atoms with Gasteiger partial charge < -0.3 is 15.4 Å². The van der Waals surface area contributed by atoms with E-state index < -0.39 is 0 Å². The van der Waals surface area contributed by atoms with Gasteiger partial charge >= 0.3 is 0 Å². The molecule has 1 heterocycles. The Hall–Kier alpha value is -3.41. The van der Waals surface area contributed by atoms with Crippen LogP contribution < -0.4 is 15.4 Å². The zero-order valence-corrected chi connectivity index (χ0v) is 16.1. The number of nitrogens with one attached hydrogen (secondary N) is 2. The lowest BCUT2D eigenvalue weighted by molar-refractivity contribution is 0.0948. The first-order chi connectivity index (χ1) is 13.7. The minimum absolute atomic E-state index is 0.212. The van der Waals surface area contributed by atoms with E-state index in [2.05, 4.69) is 20.6 Å². The van der Waals surface area contributed by atoms with Crippen LogP contribution in [-0.2, 0) is 0 Å². The summed E-state index contributed by atoms with van der Waals surface area (Å²) in [5, 5.41) is 6.11. The Morgan fingerprint density at radius 3 is 2.43 bits per heavy atom. The fourth-order valence-corrected chi connectivity index (χ4v) is 2.62. The number of anilines is 2. The van der Waals surface area contributed by atoms with Gasteiger partial charge in [-0.15, -0.1) is 0 Å². The molecule has 0 aliphatic carbocycles. The second-order valence-electron chi connectivity index (χ2n) is 6.17. The van der Waals surface area contributed by atoms with Crippen molar-refractivity contribution >= 4 is 17.4 Å². The Balaban J connectivity index is 1.91. The van der Waals surface area contributed by atoms with E-state index in [-0.39, 0.29) is 5.91 Å². The number of carbonyl (C=O) groups is 1. The molecule has 0 bridgehead atoms. The minimum atomic E-state index is -0.212. The van der Waals surface area contributed by atoms with Crippen LogP contribution >= 0.6 is 0 Å². The van der Waals surface area contributed by atoms with Crippen LogP contribution in [0.25, 0.3) is 11.4 Å². The topological polar surface area (TPSA) is 76.1 Å². The van der Waals surface area contributed by atoms with Crippen molar-refractivity contribution in [1.82, 2.24) is 15.3 Å². The van der Waals surface area contributed by atoms with E-state index in [0.717, 1.165) is 23.4 Å². The van der Waals surface area contributed by atoms with Gasteiger partial charge in [-0.05, 0) is 37.6 Å². The Kier molecular flexibility index (Phi) is 6.57. The highest BCUT2D eigenvalue weighted by molar-refractivity contribution is 5.93. The Bertz CT molecular complexity index is 912. The lowest BCUT2D eigenvalue weighted by Gasteiger charge is -2.11. The molecule has 6 heteroatoms. The molecule has 1 amide bonds. The molecule has 0 unspecified atom stereocenters. The summed E-state index contributed by atoms with van der Waals surface area (Å²) in [6.07, 6.45) is 0.861. The van der Waals surface area contributed by atoms with Crippen molar-refractivity contribution in [3.8, 4) is 17.1 Å². The normalized spacial score (nSPS) is 10.4. The molecule has 0 fully saturated rings. The molecule has 6 nitrogen and oxygen atoms in total. The maximum absolute atomic E-state index is 12.5. The van der Waals surface area contributed by atoms with E-state index >= 15 is 0 Å². The number of aromatic nitrogens is 2. The summed E-state index contributed by atoms with van der Waals surface area (Å²) in [7, 11) is 0. The summed E-state index contributed by atoms with van der Waals surface area (Å²) in [6.45, 7) is 5.18. The molecule has 2 aromatic carbocycles. The predicted octanol–water partition coefficient (Wildman–Crippen LogP) is 4.43. The number of rotatable bonds is 8. The number of carbonyl (C=O) groups excluding carboxylic acids is 1. The summed E-state index contributed by atoms with van der Waals surface area (Å²) >= 11 is 0. The van der Waals surface area contributed by atoms with Gasteiger partial charge in [-0.1, -0.05) is 37.3 Å². The Morgan fingerprint density at radius 2 is 1.75 bits per heavy atom. The first-order valence-corrected chi connectivity index (χ1v) is 9.42. The largest absolute Gasteiger partial charge is 0.494 e. The molecule has 144 valence electrons. The van der Waals surface area contributed by atoms with Crippen LogP contribution in [0.1, 0.15) is 30.8 Å². The van der Waals surface area contributed by atoms with Crippen molar-refractivity contribution in [3.05, 3.63) is 66.4 Å². The Morgan fingerprint density at radius 1 is 1.00 bits per heavy atom. The van der Waals surface area contributed by atoms with Crippen LogP contribution in [0.2, 0.25) is 0 Å². The molecule has 1 aromatic heterocycles. The van der Waals surface area contributed by atoms with Crippen molar-refractivity contribution in [2.45, 2.75) is 20.3 Å². The number of hydrogen-bond donors (Lipinski definition) is 2. The third-order valence-electron chi connectivity index (χ3n) is 3.96. The molecule has 0 atom stereocenters. The van der Waals surface area contributed by atoms with E-state index in [1.807, 2.05) is 68.4 Å².